The van der Waals surface area contributed by atoms with Crippen LogP contribution in [0.25, 0.3) is 0 Å². The van der Waals surface area contributed by atoms with E-state index in [9.17, 15) is 14.7 Å². The molecule has 2 aromatic rings. The van der Waals surface area contributed by atoms with Gasteiger partial charge in [-0.25, -0.2) is 0 Å². The number of rotatable bonds is 4. The number of benzene rings is 2. The van der Waals surface area contributed by atoms with Gasteiger partial charge in [-0.3, -0.25) is 9.59 Å². The van der Waals surface area contributed by atoms with Gasteiger partial charge in [0.15, 0.2) is 5.78 Å². The predicted octanol–water partition coefficient (Wildman–Crippen LogP) is 4.64. The molecule has 0 radical (unpaired) electrons. The number of nitrogens with one attached hydrogen (secondary N) is 2. The van der Waals surface area contributed by atoms with Gasteiger partial charge in [0.25, 0.3) is 5.91 Å². The van der Waals surface area contributed by atoms with Gasteiger partial charge in [-0.15, -0.1) is 0 Å². The Morgan fingerprint density at radius 3 is 2.50 bits per heavy atom. The van der Waals surface area contributed by atoms with Crippen LogP contribution in [-0.4, -0.2) is 23.9 Å². The number of phenols is 1. The fraction of sp³-hybridized carbons (Fsp3) is 0.308. The summed E-state index contributed by atoms with van der Waals surface area (Å²) >= 11 is 0. The molecule has 2 aromatic carbocycles. The van der Waals surface area contributed by atoms with E-state index in [1.165, 1.54) is 0 Å². The number of methoxy groups -OCH3 is 1. The van der Waals surface area contributed by atoms with E-state index >= 15 is 0 Å². The number of amides is 1. The molecule has 3 N–H and O–H groups in total. The van der Waals surface area contributed by atoms with Crippen LogP contribution in [0.1, 0.15) is 45.1 Å². The smallest absolute Gasteiger partial charge is 0.254 e. The Balaban J connectivity index is 1.80. The SMILES string of the molecule is COc1ccccc1NC(=O)C1=C(C)NC2=C(C(=O)CC(C)(C)C2)[C@H]1c1ccc(O)cc1. The van der Waals surface area contributed by atoms with Crippen molar-refractivity contribution in [3.05, 3.63) is 76.6 Å². The zero-order valence-electron chi connectivity index (χ0n) is 18.8. The first kappa shape index (κ1) is 21.7. The largest absolute Gasteiger partial charge is 0.508 e. The second kappa shape index (κ2) is 8.19. The molecule has 166 valence electrons. The molecule has 4 rings (SSSR count). The standard InChI is InChI=1S/C26H28N2O4/c1-15-22(25(31)28-18-7-5-6-8-21(18)32-4)23(16-9-11-17(29)12-10-16)24-19(27-15)13-26(2,3)14-20(24)30/h5-12,23,27,29H,13-14H2,1-4H3,(H,28,31)/t23-/m0/s1. The van der Waals surface area contributed by atoms with Gasteiger partial charge in [-0.05, 0) is 48.6 Å². The Morgan fingerprint density at radius 1 is 1.12 bits per heavy atom. The summed E-state index contributed by atoms with van der Waals surface area (Å²) in [5.74, 6) is -0.1000. The number of carbonyl (C=O) groups excluding carboxylic acids is 2. The van der Waals surface area contributed by atoms with E-state index in [-0.39, 0.29) is 22.9 Å². The maximum atomic E-state index is 13.6. The van der Waals surface area contributed by atoms with E-state index in [4.69, 9.17) is 4.74 Å². The Labute approximate surface area is 188 Å². The van der Waals surface area contributed by atoms with Crippen LogP contribution in [0.15, 0.2) is 71.1 Å². The fourth-order valence-electron chi connectivity index (χ4n) is 4.67. The quantitative estimate of drug-likeness (QED) is 0.655. The summed E-state index contributed by atoms with van der Waals surface area (Å²) in [5.41, 5.74) is 3.88. The number of ether oxygens (including phenoxy) is 1. The molecule has 0 fully saturated rings. The summed E-state index contributed by atoms with van der Waals surface area (Å²) in [6.45, 7) is 6.02. The number of Topliss-reactive ketones (excluding diaryl/α,β-unsaturated/α-hetero) is 1. The van der Waals surface area contributed by atoms with Crippen LogP contribution in [-0.2, 0) is 9.59 Å². The van der Waals surface area contributed by atoms with Crippen molar-refractivity contribution in [1.29, 1.82) is 0 Å². The molecule has 1 aliphatic heterocycles. The number of carbonyl (C=O) groups is 2. The zero-order chi connectivity index (χ0) is 23.0. The molecule has 1 amide bonds. The lowest BCUT2D eigenvalue weighted by atomic mass is 9.68. The first-order valence-electron chi connectivity index (χ1n) is 10.7. The van der Waals surface area contributed by atoms with Gasteiger partial charge < -0.3 is 20.5 Å². The molecule has 1 heterocycles. The van der Waals surface area contributed by atoms with Crippen molar-refractivity contribution in [2.75, 3.05) is 12.4 Å². The van der Waals surface area contributed by atoms with Gasteiger partial charge in [0.1, 0.15) is 11.5 Å². The average molecular weight is 433 g/mol. The lowest BCUT2D eigenvalue weighted by molar-refractivity contribution is -0.118. The molecule has 0 saturated heterocycles. The van der Waals surface area contributed by atoms with Crippen molar-refractivity contribution in [3.63, 3.8) is 0 Å². The van der Waals surface area contributed by atoms with Gasteiger partial charge in [-0.1, -0.05) is 38.1 Å². The Hall–Kier alpha value is -3.54. The number of dihydropyridines is 1. The number of hydrogen-bond donors (Lipinski definition) is 3. The number of phenolic OH excluding ortho intramolecular Hbond substituents is 1. The third kappa shape index (κ3) is 4.00. The van der Waals surface area contributed by atoms with E-state index < -0.39 is 5.92 Å². The maximum absolute atomic E-state index is 13.6. The Bertz CT molecular complexity index is 1140. The Morgan fingerprint density at radius 2 is 1.81 bits per heavy atom. The summed E-state index contributed by atoms with van der Waals surface area (Å²) in [5, 5.41) is 16.1. The minimum absolute atomic E-state index is 0.0388. The van der Waals surface area contributed by atoms with E-state index in [1.54, 1.807) is 43.5 Å². The van der Waals surface area contributed by atoms with Gasteiger partial charge in [0.05, 0.1) is 12.8 Å². The molecular weight excluding hydrogens is 404 g/mol. The number of para-hydroxylation sites is 2. The van der Waals surface area contributed by atoms with Crippen LogP contribution in [0.5, 0.6) is 11.5 Å². The Kier molecular flexibility index (Phi) is 5.55. The highest BCUT2D eigenvalue weighted by Crippen LogP contribution is 2.47. The van der Waals surface area contributed by atoms with Crippen molar-refractivity contribution in [2.45, 2.75) is 39.5 Å². The molecule has 2 aliphatic rings. The average Bonchev–Trinajstić information content (AvgIpc) is 2.72. The van der Waals surface area contributed by atoms with Crippen LogP contribution in [0.3, 0.4) is 0 Å². The summed E-state index contributed by atoms with van der Waals surface area (Å²) in [6.07, 6.45) is 1.14. The van der Waals surface area contributed by atoms with Crippen molar-refractivity contribution >= 4 is 17.4 Å². The summed E-state index contributed by atoms with van der Waals surface area (Å²) < 4.78 is 5.37. The molecule has 6 heteroatoms. The third-order valence-electron chi connectivity index (χ3n) is 6.07. The molecule has 0 bridgehead atoms. The summed E-state index contributed by atoms with van der Waals surface area (Å²) in [7, 11) is 1.55. The minimum Gasteiger partial charge on any atom is -0.508 e. The first-order valence-corrected chi connectivity index (χ1v) is 10.7. The molecule has 0 aromatic heterocycles. The highest BCUT2D eigenvalue weighted by molar-refractivity contribution is 6.10. The zero-order valence-corrected chi connectivity index (χ0v) is 18.8. The monoisotopic (exact) mass is 432 g/mol. The van der Waals surface area contributed by atoms with Crippen LogP contribution >= 0.6 is 0 Å². The van der Waals surface area contributed by atoms with Gasteiger partial charge in [0.2, 0.25) is 0 Å². The van der Waals surface area contributed by atoms with Crippen LogP contribution in [0.2, 0.25) is 0 Å². The molecule has 1 atom stereocenters. The van der Waals surface area contributed by atoms with Crippen LogP contribution in [0.4, 0.5) is 5.69 Å². The van der Waals surface area contributed by atoms with Gasteiger partial charge >= 0.3 is 0 Å². The highest BCUT2D eigenvalue weighted by Gasteiger charge is 2.42. The summed E-state index contributed by atoms with van der Waals surface area (Å²) in [4.78, 5) is 26.9. The number of ketones is 1. The molecule has 6 nitrogen and oxygen atoms in total. The number of hydrogen-bond acceptors (Lipinski definition) is 5. The van der Waals surface area contributed by atoms with Crippen molar-refractivity contribution in [2.24, 2.45) is 5.41 Å². The van der Waals surface area contributed by atoms with Crippen molar-refractivity contribution < 1.29 is 19.4 Å². The normalized spacial score (nSPS) is 19.9. The van der Waals surface area contributed by atoms with Crippen LogP contribution < -0.4 is 15.4 Å². The van der Waals surface area contributed by atoms with Crippen molar-refractivity contribution in [1.82, 2.24) is 5.32 Å². The second-order valence-corrected chi connectivity index (χ2v) is 9.18. The fourth-order valence-corrected chi connectivity index (χ4v) is 4.67. The van der Waals surface area contributed by atoms with Crippen LogP contribution in [0, 0.1) is 5.41 Å². The first-order chi connectivity index (χ1) is 15.2. The lowest BCUT2D eigenvalue weighted by Crippen LogP contribution is -2.39. The number of allylic oxidation sites excluding steroid dienone is 3. The van der Waals surface area contributed by atoms with E-state index in [1.807, 2.05) is 19.1 Å². The minimum atomic E-state index is -0.523. The number of aromatic hydroxyl groups is 1. The van der Waals surface area contributed by atoms with E-state index in [2.05, 4.69) is 24.5 Å². The van der Waals surface area contributed by atoms with E-state index in [0.29, 0.717) is 34.7 Å². The molecule has 0 saturated carbocycles. The molecular formula is C26H28N2O4. The molecule has 0 unspecified atom stereocenters. The molecule has 32 heavy (non-hydrogen) atoms. The third-order valence-corrected chi connectivity index (χ3v) is 6.07. The predicted molar refractivity (Wildman–Crippen MR) is 123 cm³/mol. The maximum Gasteiger partial charge on any atom is 0.254 e. The van der Waals surface area contributed by atoms with Gasteiger partial charge in [0, 0.05) is 34.9 Å². The second-order valence-electron chi connectivity index (χ2n) is 9.18. The van der Waals surface area contributed by atoms with Gasteiger partial charge in [-0.2, -0.15) is 0 Å². The highest BCUT2D eigenvalue weighted by atomic mass is 16.5. The topological polar surface area (TPSA) is 87.7 Å². The van der Waals surface area contributed by atoms with E-state index in [0.717, 1.165) is 17.7 Å². The van der Waals surface area contributed by atoms with Crippen molar-refractivity contribution in [3.8, 4) is 11.5 Å². The number of anilines is 1. The molecule has 1 aliphatic carbocycles. The lowest BCUT2D eigenvalue weighted by Gasteiger charge is -2.39. The molecule has 0 spiro atoms. The summed E-state index contributed by atoms with van der Waals surface area (Å²) in [6, 6.07) is 13.9.